The van der Waals surface area contributed by atoms with Crippen LogP contribution in [0.25, 0.3) is 11.2 Å². The minimum atomic E-state index is -0.323. The van der Waals surface area contributed by atoms with Crippen LogP contribution in [0.15, 0.2) is 12.3 Å². The van der Waals surface area contributed by atoms with E-state index in [0.717, 1.165) is 23.4 Å². The Morgan fingerprint density at radius 3 is 3.05 bits per heavy atom. The molecule has 1 saturated heterocycles. The fourth-order valence-corrected chi connectivity index (χ4v) is 3.02. The van der Waals surface area contributed by atoms with Crippen molar-refractivity contribution in [3.8, 4) is 0 Å². The van der Waals surface area contributed by atoms with Gasteiger partial charge in [0.25, 0.3) is 0 Å². The fourth-order valence-electron chi connectivity index (χ4n) is 2.70. The highest BCUT2D eigenvalue weighted by molar-refractivity contribution is 6.31. The third-order valence-electron chi connectivity index (χ3n) is 3.90. The molecule has 1 unspecified atom stereocenters. The summed E-state index contributed by atoms with van der Waals surface area (Å²) in [5, 5.41) is 0.579. The van der Waals surface area contributed by atoms with Crippen LogP contribution in [0.4, 0.5) is 0 Å². The summed E-state index contributed by atoms with van der Waals surface area (Å²) in [5.41, 5.74) is 1.27. The van der Waals surface area contributed by atoms with Crippen LogP contribution in [0, 0.1) is 0 Å². The molecule has 5 nitrogen and oxygen atoms in total. The molecule has 21 heavy (non-hydrogen) atoms. The van der Waals surface area contributed by atoms with Gasteiger partial charge in [-0.05, 0) is 6.07 Å². The number of hydrogen-bond donors (Lipinski definition) is 0. The molecule has 0 bridgehead atoms. The van der Waals surface area contributed by atoms with Crippen LogP contribution >= 0.6 is 23.2 Å². The molecule has 1 atom stereocenters. The van der Waals surface area contributed by atoms with E-state index in [1.54, 1.807) is 13.3 Å². The zero-order chi connectivity index (χ0) is 14.9. The summed E-state index contributed by atoms with van der Waals surface area (Å²) >= 11 is 11.9. The smallest absolute Gasteiger partial charge is 0.160 e. The normalized spacial score (nSPS) is 22.2. The first-order valence-electron chi connectivity index (χ1n) is 6.87. The molecule has 0 aromatic carbocycles. The standard InChI is InChI=1S/C14H17Cl2N3O2/c1-20-14(3-5-21-9-14)8-19-12(2-4-15)18-11-6-10(16)7-17-13(11)19/h6-7H,2-5,8-9H2,1H3. The van der Waals surface area contributed by atoms with Gasteiger partial charge in [0.1, 0.15) is 16.9 Å². The van der Waals surface area contributed by atoms with Crippen LogP contribution in [0.3, 0.4) is 0 Å². The lowest BCUT2D eigenvalue weighted by molar-refractivity contribution is -0.0293. The van der Waals surface area contributed by atoms with E-state index in [1.165, 1.54) is 0 Å². The van der Waals surface area contributed by atoms with Gasteiger partial charge in [0.2, 0.25) is 0 Å². The molecule has 1 aliphatic rings. The van der Waals surface area contributed by atoms with Crippen molar-refractivity contribution in [1.82, 2.24) is 14.5 Å². The molecule has 2 aromatic rings. The van der Waals surface area contributed by atoms with Crippen molar-refractivity contribution in [1.29, 1.82) is 0 Å². The molecule has 0 spiro atoms. The Bertz CT molecular complexity index is 638. The number of nitrogens with zero attached hydrogens (tertiary/aromatic N) is 3. The van der Waals surface area contributed by atoms with Gasteiger partial charge in [0.05, 0.1) is 18.2 Å². The summed E-state index contributed by atoms with van der Waals surface area (Å²) in [6.45, 7) is 1.95. The van der Waals surface area contributed by atoms with Gasteiger partial charge >= 0.3 is 0 Å². The van der Waals surface area contributed by atoms with Gasteiger partial charge in [-0.3, -0.25) is 0 Å². The number of methoxy groups -OCH3 is 1. The van der Waals surface area contributed by atoms with Crippen LogP contribution in [0.1, 0.15) is 12.2 Å². The van der Waals surface area contributed by atoms with E-state index in [-0.39, 0.29) is 5.60 Å². The van der Waals surface area contributed by atoms with Gasteiger partial charge in [-0.15, -0.1) is 11.6 Å². The largest absolute Gasteiger partial charge is 0.378 e. The first-order chi connectivity index (χ1) is 10.2. The number of aromatic nitrogens is 3. The van der Waals surface area contributed by atoms with Crippen molar-refractivity contribution < 1.29 is 9.47 Å². The van der Waals surface area contributed by atoms with Crippen molar-refractivity contribution >= 4 is 34.4 Å². The minimum absolute atomic E-state index is 0.323. The van der Waals surface area contributed by atoms with Crippen LogP contribution in [0.5, 0.6) is 0 Å². The summed E-state index contributed by atoms with van der Waals surface area (Å²) in [6, 6.07) is 1.82. The summed E-state index contributed by atoms with van der Waals surface area (Å²) < 4.78 is 13.3. The van der Waals surface area contributed by atoms with E-state index in [0.29, 0.717) is 37.1 Å². The second-order valence-electron chi connectivity index (χ2n) is 5.24. The highest BCUT2D eigenvalue weighted by Gasteiger charge is 2.36. The molecule has 0 N–H and O–H groups in total. The molecule has 0 amide bonds. The SMILES string of the molecule is COC1(Cn2c(CCCl)nc3cc(Cl)cnc32)CCOC1. The van der Waals surface area contributed by atoms with Gasteiger partial charge in [-0.1, -0.05) is 11.6 Å². The molecule has 114 valence electrons. The van der Waals surface area contributed by atoms with Crippen LogP contribution in [-0.4, -0.2) is 46.3 Å². The van der Waals surface area contributed by atoms with Gasteiger partial charge in [0, 0.05) is 38.6 Å². The third-order valence-corrected chi connectivity index (χ3v) is 4.29. The Labute approximate surface area is 133 Å². The van der Waals surface area contributed by atoms with Gasteiger partial charge < -0.3 is 14.0 Å². The van der Waals surface area contributed by atoms with Crippen molar-refractivity contribution in [2.45, 2.75) is 25.0 Å². The zero-order valence-corrected chi connectivity index (χ0v) is 13.3. The summed E-state index contributed by atoms with van der Waals surface area (Å²) in [5.74, 6) is 1.41. The fraction of sp³-hybridized carbons (Fsp3) is 0.571. The lowest BCUT2D eigenvalue weighted by Crippen LogP contribution is -2.37. The Morgan fingerprint density at radius 2 is 2.38 bits per heavy atom. The van der Waals surface area contributed by atoms with Crippen molar-refractivity contribution in [3.05, 3.63) is 23.1 Å². The molecule has 0 saturated carbocycles. The average molecular weight is 330 g/mol. The number of aryl methyl sites for hydroxylation is 1. The highest BCUT2D eigenvalue weighted by atomic mass is 35.5. The maximum absolute atomic E-state index is 6.00. The maximum atomic E-state index is 6.00. The number of pyridine rings is 1. The molecule has 1 aliphatic heterocycles. The number of hydrogen-bond acceptors (Lipinski definition) is 4. The minimum Gasteiger partial charge on any atom is -0.378 e. The van der Waals surface area contributed by atoms with Crippen molar-refractivity contribution in [2.75, 3.05) is 26.2 Å². The molecule has 0 radical (unpaired) electrons. The van der Waals surface area contributed by atoms with Crippen LogP contribution < -0.4 is 0 Å². The molecular formula is C14H17Cl2N3O2. The molecule has 2 aromatic heterocycles. The second-order valence-corrected chi connectivity index (χ2v) is 6.05. The maximum Gasteiger partial charge on any atom is 0.160 e. The number of alkyl halides is 1. The quantitative estimate of drug-likeness (QED) is 0.791. The monoisotopic (exact) mass is 329 g/mol. The number of halogens is 2. The predicted molar refractivity (Wildman–Crippen MR) is 82.1 cm³/mol. The Morgan fingerprint density at radius 1 is 1.52 bits per heavy atom. The Kier molecular flexibility index (Phi) is 4.36. The lowest BCUT2D eigenvalue weighted by Gasteiger charge is -2.27. The summed E-state index contributed by atoms with van der Waals surface area (Å²) in [7, 11) is 1.72. The Balaban J connectivity index is 2.04. The summed E-state index contributed by atoms with van der Waals surface area (Å²) in [6.07, 6.45) is 3.17. The van der Waals surface area contributed by atoms with E-state index >= 15 is 0 Å². The second kappa shape index (κ2) is 6.08. The Hall–Kier alpha value is -0.880. The molecule has 3 rings (SSSR count). The highest BCUT2D eigenvalue weighted by Crippen LogP contribution is 2.28. The number of fused-ring (bicyclic) bond motifs is 1. The molecule has 3 heterocycles. The summed E-state index contributed by atoms with van der Waals surface area (Å²) in [4.78, 5) is 9.03. The van der Waals surface area contributed by atoms with Crippen LogP contribution in [0.2, 0.25) is 5.02 Å². The van der Waals surface area contributed by atoms with E-state index < -0.39 is 0 Å². The van der Waals surface area contributed by atoms with E-state index in [2.05, 4.69) is 14.5 Å². The topological polar surface area (TPSA) is 49.2 Å². The molecule has 0 aliphatic carbocycles. The third kappa shape index (κ3) is 2.88. The van der Waals surface area contributed by atoms with Gasteiger partial charge in [-0.25, -0.2) is 9.97 Å². The van der Waals surface area contributed by atoms with Gasteiger partial charge in [0.15, 0.2) is 5.65 Å². The van der Waals surface area contributed by atoms with Crippen molar-refractivity contribution in [3.63, 3.8) is 0 Å². The predicted octanol–water partition coefficient (Wildman–Crippen LogP) is 2.67. The van der Waals surface area contributed by atoms with Crippen molar-refractivity contribution in [2.24, 2.45) is 0 Å². The first kappa shape index (κ1) is 15.0. The number of imidazole rings is 1. The molecule has 7 heteroatoms. The lowest BCUT2D eigenvalue weighted by atomic mass is 10.0. The average Bonchev–Trinajstić information content (AvgIpc) is 3.06. The van der Waals surface area contributed by atoms with Crippen LogP contribution in [-0.2, 0) is 22.4 Å². The first-order valence-corrected chi connectivity index (χ1v) is 7.78. The van der Waals surface area contributed by atoms with E-state index in [9.17, 15) is 0 Å². The zero-order valence-electron chi connectivity index (χ0n) is 11.8. The molecular weight excluding hydrogens is 313 g/mol. The number of ether oxygens (including phenoxy) is 2. The van der Waals surface area contributed by atoms with Gasteiger partial charge in [-0.2, -0.15) is 0 Å². The molecule has 1 fully saturated rings. The van der Waals surface area contributed by atoms with E-state index in [4.69, 9.17) is 32.7 Å². The van der Waals surface area contributed by atoms with E-state index in [1.807, 2.05) is 6.07 Å². The number of rotatable bonds is 5.